The summed E-state index contributed by atoms with van der Waals surface area (Å²) >= 11 is 5.68. The molecule has 4 heteroatoms. The third kappa shape index (κ3) is 6.64. The van der Waals surface area contributed by atoms with Crippen molar-refractivity contribution in [3.8, 4) is 0 Å². The van der Waals surface area contributed by atoms with Crippen LogP contribution in [0.4, 0.5) is 0 Å². The molecule has 2 atom stereocenters. The van der Waals surface area contributed by atoms with E-state index in [1.165, 1.54) is 19.3 Å². The summed E-state index contributed by atoms with van der Waals surface area (Å²) in [7, 11) is 0. The van der Waals surface area contributed by atoms with Gasteiger partial charge in [-0.2, -0.15) is 0 Å². The number of nitrogens with zero attached hydrogens (tertiary/aromatic N) is 1. The molecular weight excluding hydrogens is 292 g/mol. The Morgan fingerprint density at radius 1 is 1.23 bits per heavy atom. The van der Waals surface area contributed by atoms with Gasteiger partial charge in [0.1, 0.15) is 0 Å². The van der Waals surface area contributed by atoms with Gasteiger partial charge in [-0.25, -0.2) is 0 Å². The van der Waals surface area contributed by atoms with Crippen molar-refractivity contribution < 1.29 is 4.79 Å². The lowest BCUT2D eigenvalue weighted by Gasteiger charge is -2.40. The predicted molar refractivity (Wildman–Crippen MR) is 98.1 cm³/mol. The van der Waals surface area contributed by atoms with Crippen LogP contribution in [0.5, 0.6) is 0 Å². The monoisotopic (exact) mass is 326 g/mol. The largest absolute Gasteiger partial charge is 0.363 e. The maximum atomic E-state index is 11.9. The number of carbonyl (C=O) groups is 1. The number of amides is 1. The zero-order chi connectivity index (χ0) is 16.7. The van der Waals surface area contributed by atoms with Gasteiger partial charge >= 0.3 is 0 Å². The van der Waals surface area contributed by atoms with Crippen molar-refractivity contribution in [1.29, 1.82) is 0 Å². The molecule has 0 spiro atoms. The van der Waals surface area contributed by atoms with E-state index in [1.807, 2.05) is 0 Å². The van der Waals surface area contributed by atoms with Crippen LogP contribution in [0.25, 0.3) is 0 Å². The van der Waals surface area contributed by atoms with Gasteiger partial charge < -0.3 is 10.2 Å². The van der Waals surface area contributed by atoms with Crippen LogP contribution in [0.15, 0.2) is 0 Å². The Hall–Kier alpha value is -0.640. The summed E-state index contributed by atoms with van der Waals surface area (Å²) in [6, 6.07) is 0.701. The molecule has 1 fully saturated rings. The van der Waals surface area contributed by atoms with E-state index in [0.29, 0.717) is 24.3 Å². The quantitative estimate of drug-likeness (QED) is 0.713. The number of rotatable bonds is 7. The van der Waals surface area contributed by atoms with Crippen molar-refractivity contribution in [3.05, 3.63) is 0 Å². The van der Waals surface area contributed by atoms with E-state index in [0.717, 1.165) is 24.4 Å². The number of likely N-dealkylation sites (tertiary alicyclic amines) is 1. The number of carbonyl (C=O) groups excluding carboxylic acids is 1. The summed E-state index contributed by atoms with van der Waals surface area (Å²) in [5, 5.41) is 3.10. The van der Waals surface area contributed by atoms with Gasteiger partial charge in [0, 0.05) is 31.5 Å². The van der Waals surface area contributed by atoms with Gasteiger partial charge in [-0.3, -0.25) is 4.79 Å². The molecule has 1 aliphatic heterocycles. The molecule has 1 aliphatic rings. The van der Waals surface area contributed by atoms with Crippen LogP contribution < -0.4 is 5.32 Å². The Morgan fingerprint density at radius 3 is 2.50 bits per heavy atom. The molecule has 0 radical (unpaired) electrons. The fourth-order valence-electron chi connectivity index (χ4n) is 3.16. The second kappa shape index (κ2) is 9.49. The topological polar surface area (TPSA) is 32.3 Å². The van der Waals surface area contributed by atoms with Gasteiger partial charge in [-0.15, -0.1) is 0 Å². The number of piperidine rings is 1. The van der Waals surface area contributed by atoms with E-state index >= 15 is 0 Å². The molecule has 1 saturated heterocycles. The van der Waals surface area contributed by atoms with Gasteiger partial charge in [0.2, 0.25) is 5.91 Å². The van der Waals surface area contributed by atoms with Gasteiger partial charge in [0.05, 0.1) is 4.99 Å². The lowest BCUT2D eigenvalue weighted by atomic mass is 9.92. The summed E-state index contributed by atoms with van der Waals surface area (Å²) in [6.45, 7) is 12.0. The fraction of sp³-hybridized carbons (Fsp3) is 0.889. The SMILES string of the molecule is CC(C)CCC(=O)N[C@H](C)CC(=S)N1CCCCC1C(C)C. The Morgan fingerprint density at radius 2 is 1.91 bits per heavy atom. The molecule has 0 aromatic carbocycles. The molecule has 0 aliphatic carbocycles. The van der Waals surface area contributed by atoms with E-state index in [2.05, 4.69) is 44.8 Å². The molecule has 3 nitrogen and oxygen atoms in total. The molecule has 1 rings (SSSR count). The van der Waals surface area contributed by atoms with Crippen LogP contribution in [0.3, 0.4) is 0 Å². The lowest BCUT2D eigenvalue weighted by molar-refractivity contribution is -0.121. The average molecular weight is 327 g/mol. The first-order valence-corrected chi connectivity index (χ1v) is 9.31. The zero-order valence-corrected chi connectivity index (χ0v) is 15.8. The summed E-state index contributed by atoms with van der Waals surface area (Å²) in [6.07, 6.45) is 6.14. The van der Waals surface area contributed by atoms with Crippen LogP contribution in [0.1, 0.15) is 73.1 Å². The summed E-state index contributed by atoms with van der Waals surface area (Å²) in [5.41, 5.74) is 0. The van der Waals surface area contributed by atoms with Crippen molar-refractivity contribution in [2.24, 2.45) is 11.8 Å². The van der Waals surface area contributed by atoms with E-state index in [4.69, 9.17) is 12.2 Å². The van der Waals surface area contributed by atoms with Crippen LogP contribution in [0, 0.1) is 11.8 Å². The highest BCUT2D eigenvalue weighted by atomic mass is 32.1. The third-order valence-corrected chi connectivity index (χ3v) is 4.88. The maximum Gasteiger partial charge on any atom is 0.220 e. The van der Waals surface area contributed by atoms with Crippen LogP contribution in [0.2, 0.25) is 0 Å². The van der Waals surface area contributed by atoms with Crippen molar-refractivity contribution in [1.82, 2.24) is 10.2 Å². The minimum Gasteiger partial charge on any atom is -0.363 e. The number of nitrogens with one attached hydrogen (secondary N) is 1. The second-order valence-corrected chi connectivity index (χ2v) is 7.97. The highest BCUT2D eigenvalue weighted by Crippen LogP contribution is 2.24. The fourth-order valence-corrected chi connectivity index (χ4v) is 3.63. The molecule has 1 N–H and O–H groups in total. The molecule has 22 heavy (non-hydrogen) atoms. The Balaban J connectivity index is 2.43. The third-order valence-electron chi connectivity index (χ3n) is 4.48. The van der Waals surface area contributed by atoms with Crippen LogP contribution in [-0.2, 0) is 4.79 Å². The predicted octanol–water partition coefficient (Wildman–Crippen LogP) is 4.16. The maximum absolute atomic E-state index is 11.9. The van der Waals surface area contributed by atoms with Crippen LogP contribution in [-0.4, -0.2) is 34.4 Å². The smallest absolute Gasteiger partial charge is 0.220 e. The van der Waals surface area contributed by atoms with Crippen molar-refractivity contribution >= 4 is 23.1 Å². The van der Waals surface area contributed by atoms with E-state index in [1.54, 1.807) is 0 Å². The molecule has 0 saturated carbocycles. The molecule has 0 bridgehead atoms. The van der Waals surface area contributed by atoms with Gasteiger partial charge in [0.25, 0.3) is 0 Å². The highest BCUT2D eigenvalue weighted by Gasteiger charge is 2.27. The first-order chi connectivity index (χ1) is 10.3. The molecule has 0 aromatic heterocycles. The standard InChI is InChI=1S/C18H34N2OS/c1-13(2)9-10-17(21)19-15(5)12-18(22)20-11-7-6-8-16(20)14(3)4/h13-16H,6-12H2,1-5H3,(H,19,21)/t15-,16?/m1/s1. The minimum absolute atomic E-state index is 0.127. The molecule has 1 amide bonds. The zero-order valence-electron chi connectivity index (χ0n) is 15.0. The summed E-state index contributed by atoms with van der Waals surface area (Å²) in [5.74, 6) is 1.36. The number of thiocarbonyl (C=S) groups is 1. The van der Waals surface area contributed by atoms with Crippen molar-refractivity contribution in [2.45, 2.75) is 85.2 Å². The Kier molecular flexibility index (Phi) is 8.37. The molecule has 1 heterocycles. The lowest BCUT2D eigenvalue weighted by Crippen LogP contribution is -2.47. The van der Waals surface area contributed by atoms with E-state index < -0.39 is 0 Å². The molecule has 0 aromatic rings. The first-order valence-electron chi connectivity index (χ1n) is 8.90. The van der Waals surface area contributed by atoms with Gasteiger partial charge in [-0.1, -0.05) is 39.9 Å². The normalized spacial score (nSPS) is 20.3. The van der Waals surface area contributed by atoms with E-state index in [-0.39, 0.29) is 11.9 Å². The van der Waals surface area contributed by atoms with Crippen molar-refractivity contribution in [3.63, 3.8) is 0 Å². The first kappa shape index (κ1) is 19.4. The van der Waals surface area contributed by atoms with Gasteiger partial charge in [-0.05, 0) is 44.4 Å². The Labute approximate surface area is 142 Å². The average Bonchev–Trinajstić information content (AvgIpc) is 2.44. The molecule has 1 unspecified atom stereocenters. The minimum atomic E-state index is 0.127. The summed E-state index contributed by atoms with van der Waals surface area (Å²) < 4.78 is 0. The second-order valence-electron chi connectivity index (χ2n) is 7.50. The number of hydrogen-bond acceptors (Lipinski definition) is 2. The van der Waals surface area contributed by atoms with Crippen molar-refractivity contribution in [2.75, 3.05) is 6.54 Å². The molecular formula is C18H34N2OS. The molecule has 128 valence electrons. The summed E-state index contributed by atoms with van der Waals surface area (Å²) in [4.78, 5) is 15.4. The Bertz CT molecular complexity index is 368. The number of hydrogen-bond donors (Lipinski definition) is 1. The van der Waals surface area contributed by atoms with Gasteiger partial charge in [0.15, 0.2) is 0 Å². The highest BCUT2D eigenvalue weighted by molar-refractivity contribution is 7.80. The van der Waals surface area contributed by atoms with Crippen LogP contribution >= 0.6 is 12.2 Å². The van der Waals surface area contributed by atoms with E-state index in [9.17, 15) is 4.79 Å².